The maximum atomic E-state index is 11.9. The number of esters is 1. The van der Waals surface area contributed by atoms with Crippen molar-refractivity contribution in [3.05, 3.63) is 28.8 Å². The van der Waals surface area contributed by atoms with Gasteiger partial charge in [-0.25, -0.2) is 17.9 Å². The fourth-order valence-corrected chi connectivity index (χ4v) is 2.83. The zero-order valence-corrected chi connectivity index (χ0v) is 14.6. The van der Waals surface area contributed by atoms with E-state index in [1.165, 1.54) is 19.2 Å². The molecule has 1 rings (SSSR count). The summed E-state index contributed by atoms with van der Waals surface area (Å²) in [5.74, 6) is -1.24. The SMILES string of the molecule is CC[C@@H](C)NC(=O)COC(=O)c1ccc(Cl)c(S(=O)(=O)NC)c1. The van der Waals surface area contributed by atoms with E-state index in [-0.39, 0.29) is 21.5 Å². The average molecular weight is 363 g/mol. The summed E-state index contributed by atoms with van der Waals surface area (Å²) in [4.78, 5) is 23.2. The first-order chi connectivity index (χ1) is 10.7. The van der Waals surface area contributed by atoms with Gasteiger partial charge in [0.25, 0.3) is 5.91 Å². The van der Waals surface area contributed by atoms with E-state index >= 15 is 0 Å². The van der Waals surface area contributed by atoms with E-state index < -0.39 is 28.5 Å². The fourth-order valence-electron chi connectivity index (χ4n) is 1.58. The highest BCUT2D eigenvalue weighted by molar-refractivity contribution is 7.89. The van der Waals surface area contributed by atoms with Gasteiger partial charge in [0.15, 0.2) is 6.61 Å². The van der Waals surface area contributed by atoms with Crippen molar-refractivity contribution in [2.75, 3.05) is 13.7 Å². The first kappa shape index (κ1) is 19.4. The first-order valence-corrected chi connectivity index (χ1v) is 8.77. The van der Waals surface area contributed by atoms with Gasteiger partial charge in [-0.2, -0.15) is 0 Å². The van der Waals surface area contributed by atoms with Crippen LogP contribution in [0.15, 0.2) is 23.1 Å². The van der Waals surface area contributed by atoms with Gasteiger partial charge in [-0.3, -0.25) is 4.79 Å². The monoisotopic (exact) mass is 362 g/mol. The summed E-state index contributed by atoms with van der Waals surface area (Å²) >= 11 is 5.83. The number of sulfonamides is 1. The molecule has 0 unspecified atom stereocenters. The number of hydrogen-bond acceptors (Lipinski definition) is 5. The molecule has 0 aliphatic rings. The first-order valence-electron chi connectivity index (χ1n) is 6.90. The molecule has 0 radical (unpaired) electrons. The predicted octanol–water partition coefficient (Wildman–Crippen LogP) is 1.32. The molecule has 1 atom stereocenters. The molecule has 0 bridgehead atoms. The maximum absolute atomic E-state index is 11.9. The summed E-state index contributed by atoms with van der Waals surface area (Å²) in [5, 5.41) is 2.62. The normalized spacial score (nSPS) is 12.5. The van der Waals surface area contributed by atoms with Gasteiger partial charge in [0.05, 0.1) is 10.6 Å². The Morgan fingerprint density at radius 1 is 1.35 bits per heavy atom. The van der Waals surface area contributed by atoms with Crippen LogP contribution in [0.2, 0.25) is 5.02 Å². The Morgan fingerprint density at radius 3 is 2.57 bits per heavy atom. The molecule has 0 saturated heterocycles. The second kappa shape index (κ2) is 8.28. The molecule has 1 amide bonds. The van der Waals surface area contributed by atoms with E-state index in [1.807, 2.05) is 13.8 Å². The lowest BCUT2D eigenvalue weighted by Gasteiger charge is -2.12. The number of rotatable bonds is 7. The maximum Gasteiger partial charge on any atom is 0.338 e. The summed E-state index contributed by atoms with van der Waals surface area (Å²) in [7, 11) is -2.57. The molecule has 0 heterocycles. The van der Waals surface area contributed by atoms with E-state index in [0.29, 0.717) is 0 Å². The largest absolute Gasteiger partial charge is 0.452 e. The molecule has 0 aliphatic heterocycles. The van der Waals surface area contributed by atoms with Crippen LogP contribution in [0, 0.1) is 0 Å². The van der Waals surface area contributed by atoms with Crippen LogP contribution in [-0.2, 0) is 19.6 Å². The van der Waals surface area contributed by atoms with Gasteiger partial charge in [-0.1, -0.05) is 18.5 Å². The molecular weight excluding hydrogens is 344 g/mol. The quantitative estimate of drug-likeness (QED) is 0.712. The molecule has 0 aliphatic carbocycles. The van der Waals surface area contributed by atoms with Gasteiger partial charge in [-0.05, 0) is 38.6 Å². The molecule has 23 heavy (non-hydrogen) atoms. The van der Waals surface area contributed by atoms with Crippen LogP contribution in [0.25, 0.3) is 0 Å². The molecule has 0 fully saturated rings. The number of amides is 1. The van der Waals surface area contributed by atoms with E-state index in [9.17, 15) is 18.0 Å². The van der Waals surface area contributed by atoms with Crippen molar-refractivity contribution in [1.29, 1.82) is 0 Å². The Bertz CT molecular complexity index is 690. The number of carbonyl (C=O) groups excluding carboxylic acids is 2. The van der Waals surface area contributed by atoms with Crippen molar-refractivity contribution in [2.24, 2.45) is 0 Å². The predicted molar refractivity (Wildman–Crippen MR) is 85.9 cm³/mol. The summed E-state index contributed by atoms with van der Waals surface area (Å²) in [5.41, 5.74) is -0.0143. The Labute approximate surface area is 140 Å². The number of carbonyl (C=O) groups is 2. The van der Waals surface area contributed by atoms with Gasteiger partial charge in [0.2, 0.25) is 10.0 Å². The third kappa shape index (κ3) is 5.49. The zero-order chi connectivity index (χ0) is 17.6. The van der Waals surface area contributed by atoms with Crippen molar-refractivity contribution < 1.29 is 22.7 Å². The number of hydrogen-bond donors (Lipinski definition) is 2. The summed E-state index contributed by atoms with van der Waals surface area (Å²) in [6, 6.07) is 3.68. The van der Waals surface area contributed by atoms with Gasteiger partial charge in [0, 0.05) is 6.04 Å². The topological polar surface area (TPSA) is 102 Å². The highest BCUT2D eigenvalue weighted by Crippen LogP contribution is 2.22. The Kier molecular flexibility index (Phi) is 6.99. The zero-order valence-electron chi connectivity index (χ0n) is 13.1. The van der Waals surface area contributed by atoms with Crippen LogP contribution in [0.1, 0.15) is 30.6 Å². The number of nitrogens with one attached hydrogen (secondary N) is 2. The third-order valence-electron chi connectivity index (χ3n) is 3.08. The lowest BCUT2D eigenvalue weighted by Crippen LogP contribution is -2.35. The van der Waals surface area contributed by atoms with E-state index in [2.05, 4.69) is 10.0 Å². The van der Waals surface area contributed by atoms with Crippen molar-refractivity contribution in [2.45, 2.75) is 31.2 Å². The molecule has 128 valence electrons. The summed E-state index contributed by atoms with van der Waals surface area (Å²) in [6.45, 7) is 3.29. The van der Waals surface area contributed by atoms with Crippen molar-refractivity contribution in [3.63, 3.8) is 0 Å². The molecule has 0 saturated carbocycles. The van der Waals surface area contributed by atoms with E-state index in [1.54, 1.807) is 0 Å². The highest BCUT2D eigenvalue weighted by atomic mass is 35.5. The molecule has 2 N–H and O–H groups in total. The van der Waals surface area contributed by atoms with Crippen LogP contribution in [0.3, 0.4) is 0 Å². The van der Waals surface area contributed by atoms with Crippen LogP contribution in [0.5, 0.6) is 0 Å². The summed E-state index contributed by atoms with van der Waals surface area (Å²) in [6.07, 6.45) is 0.752. The summed E-state index contributed by atoms with van der Waals surface area (Å²) < 4.78 is 30.6. The van der Waals surface area contributed by atoms with Gasteiger partial charge >= 0.3 is 5.97 Å². The highest BCUT2D eigenvalue weighted by Gasteiger charge is 2.19. The number of halogens is 1. The second-order valence-electron chi connectivity index (χ2n) is 4.81. The van der Waals surface area contributed by atoms with Crippen LogP contribution < -0.4 is 10.0 Å². The smallest absolute Gasteiger partial charge is 0.338 e. The third-order valence-corrected chi connectivity index (χ3v) is 4.98. The molecule has 7 nitrogen and oxygen atoms in total. The molecule has 9 heteroatoms. The molecule has 0 spiro atoms. The van der Waals surface area contributed by atoms with Crippen molar-refractivity contribution >= 4 is 33.5 Å². The van der Waals surface area contributed by atoms with Crippen LogP contribution >= 0.6 is 11.6 Å². The molecule has 1 aromatic carbocycles. The minimum atomic E-state index is -3.80. The van der Waals surface area contributed by atoms with Gasteiger partial charge in [0.1, 0.15) is 4.90 Å². The van der Waals surface area contributed by atoms with E-state index in [0.717, 1.165) is 12.5 Å². The molecular formula is C14H19ClN2O5S. The Morgan fingerprint density at radius 2 is 2.00 bits per heavy atom. The fraction of sp³-hybridized carbons (Fsp3) is 0.429. The second-order valence-corrected chi connectivity index (χ2v) is 7.07. The standard InChI is InChI=1S/C14H19ClN2O5S/c1-4-9(2)17-13(18)8-22-14(19)10-5-6-11(15)12(7-10)23(20,21)16-3/h5-7,9,16H,4,8H2,1-3H3,(H,17,18)/t9-/m1/s1. The molecule has 1 aromatic rings. The Hall–Kier alpha value is -1.64. The lowest BCUT2D eigenvalue weighted by molar-refractivity contribution is -0.124. The number of benzene rings is 1. The van der Waals surface area contributed by atoms with Gasteiger partial charge < -0.3 is 10.1 Å². The lowest BCUT2D eigenvalue weighted by atomic mass is 10.2. The van der Waals surface area contributed by atoms with Gasteiger partial charge in [-0.15, -0.1) is 0 Å². The molecule has 0 aromatic heterocycles. The minimum absolute atomic E-state index is 0.0143. The van der Waals surface area contributed by atoms with Crippen LogP contribution in [0.4, 0.5) is 0 Å². The number of ether oxygens (including phenoxy) is 1. The average Bonchev–Trinajstić information content (AvgIpc) is 2.52. The Balaban J connectivity index is 2.82. The van der Waals surface area contributed by atoms with E-state index in [4.69, 9.17) is 16.3 Å². The van der Waals surface area contributed by atoms with Crippen molar-refractivity contribution in [3.8, 4) is 0 Å². The van der Waals surface area contributed by atoms with Crippen molar-refractivity contribution in [1.82, 2.24) is 10.0 Å². The van der Waals surface area contributed by atoms with Crippen LogP contribution in [-0.4, -0.2) is 40.0 Å². The minimum Gasteiger partial charge on any atom is -0.452 e.